The summed E-state index contributed by atoms with van der Waals surface area (Å²) in [5.74, 6) is -0.848. The van der Waals surface area contributed by atoms with Gasteiger partial charge in [0, 0.05) is 19.2 Å². The summed E-state index contributed by atoms with van der Waals surface area (Å²) in [7, 11) is 2.06. The minimum absolute atomic E-state index is 0.462. The van der Waals surface area contributed by atoms with Gasteiger partial charge < -0.3 is 14.7 Å². The Morgan fingerprint density at radius 1 is 1.60 bits per heavy atom. The Labute approximate surface area is 91.2 Å². The van der Waals surface area contributed by atoms with Crippen LogP contribution in [0.5, 0.6) is 0 Å². The average molecular weight is 215 g/mol. The zero-order valence-electron chi connectivity index (χ0n) is 9.61. The fourth-order valence-corrected chi connectivity index (χ4v) is 1.81. The molecule has 0 saturated heterocycles. The van der Waals surface area contributed by atoms with Crippen LogP contribution < -0.4 is 0 Å². The zero-order valence-corrected chi connectivity index (χ0v) is 9.61. The van der Waals surface area contributed by atoms with Gasteiger partial charge in [-0.15, -0.1) is 0 Å². The minimum Gasteiger partial charge on any atom is -0.479 e. The molecule has 4 heteroatoms. The summed E-state index contributed by atoms with van der Waals surface area (Å²) in [5.41, 5.74) is 0. The van der Waals surface area contributed by atoms with Gasteiger partial charge in [0.2, 0.25) is 0 Å². The van der Waals surface area contributed by atoms with Gasteiger partial charge in [-0.1, -0.05) is 6.42 Å². The minimum atomic E-state index is -0.848. The van der Waals surface area contributed by atoms with Crippen LogP contribution in [0.1, 0.15) is 32.6 Å². The van der Waals surface area contributed by atoms with Gasteiger partial charge in [0.1, 0.15) is 0 Å². The number of carboxylic acids is 1. The van der Waals surface area contributed by atoms with Crippen molar-refractivity contribution in [2.75, 3.05) is 20.2 Å². The van der Waals surface area contributed by atoms with Crippen LogP contribution in [0, 0.1) is 0 Å². The van der Waals surface area contributed by atoms with Crippen molar-refractivity contribution < 1.29 is 14.6 Å². The summed E-state index contributed by atoms with van der Waals surface area (Å²) in [4.78, 5) is 13.1. The molecule has 1 atom stereocenters. The molecule has 0 spiro atoms. The summed E-state index contributed by atoms with van der Waals surface area (Å²) in [6.45, 7) is 3.09. The predicted octanol–water partition coefficient (Wildman–Crippen LogP) is 1.35. The highest BCUT2D eigenvalue weighted by Crippen LogP contribution is 2.23. The number of rotatable bonds is 7. The van der Waals surface area contributed by atoms with E-state index in [1.165, 1.54) is 19.3 Å². The molecule has 15 heavy (non-hydrogen) atoms. The van der Waals surface area contributed by atoms with E-state index in [0.29, 0.717) is 19.1 Å². The van der Waals surface area contributed by atoms with E-state index in [4.69, 9.17) is 9.84 Å². The molecule has 1 aliphatic carbocycles. The molecule has 0 aliphatic heterocycles. The molecule has 88 valence electrons. The van der Waals surface area contributed by atoms with E-state index in [-0.39, 0.29) is 0 Å². The maximum atomic E-state index is 10.8. The topological polar surface area (TPSA) is 49.8 Å². The van der Waals surface area contributed by atoms with E-state index >= 15 is 0 Å². The van der Waals surface area contributed by atoms with Gasteiger partial charge in [-0.3, -0.25) is 0 Å². The standard InChI is InChI=1S/C11H21NO3/c1-3-15-10(11(13)14)7-8-12(2)9-5-4-6-9/h9-10H,3-8H2,1-2H3,(H,13,14). The second-order valence-electron chi connectivity index (χ2n) is 4.14. The molecule has 0 heterocycles. The summed E-state index contributed by atoms with van der Waals surface area (Å²) in [5, 5.41) is 8.88. The van der Waals surface area contributed by atoms with Crippen molar-refractivity contribution in [3.63, 3.8) is 0 Å². The van der Waals surface area contributed by atoms with Gasteiger partial charge in [-0.2, -0.15) is 0 Å². The highest BCUT2D eigenvalue weighted by molar-refractivity contribution is 5.72. The molecule has 0 amide bonds. The lowest BCUT2D eigenvalue weighted by atomic mass is 9.92. The first-order valence-corrected chi connectivity index (χ1v) is 5.69. The Morgan fingerprint density at radius 3 is 2.67 bits per heavy atom. The van der Waals surface area contributed by atoms with Crippen molar-refractivity contribution in [2.24, 2.45) is 0 Å². The second-order valence-corrected chi connectivity index (χ2v) is 4.14. The first-order valence-electron chi connectivity index (χ1n) is 5.69. The number of hydrogen-bond acceptors (Lipinski definition) is 3. The molecule has 0 aromatic carbocycles. The molecular weight excluding hydrogens is 194 g/mol. The van der Waals surface area contributed by atoms with E-state index in [1.807, 2.05) is 6.92 Å². The SMILES string of the molecule is CCOC(CCN(C)C1CCC1)C(=O)O. The first-order chi connectivity index (χ1) is 7.15. The van der Waals surface area contributed by atoms with Crippen LogP contribution in [-0.2, 0) is 9.53 Å². The number of hydrogen-bond donors (Lipinski definition) is 1. The Hall–Kier alpha value is -0.610. The Kier molecular flexibility index (Phi) is 5.05. The van der Waals surface area contributed by atoms with E-state index in [1.54, 1.807) is 0 Å². The molecule has 1 saturated carbocycles. The van der Waals surface area contributed by atoms with Crippen molar-refractivity contribution >= 4 is 5.97 Å². The molecule has 0 radical (unpaired) electrons. The maximum absolute atomic E-state index is 10.8. The molecule has 1 N–H and O–H groups in total. The molecule has 0 aromatic heterocycles. The molecule has 4 nitrogen and oxygen atoms in total. The van der Waals surface area contributed by atoms with Crippen molar-refractivity contribution in [1.29, 1.82) is 0 Å². The third-order valence-electron chi connectivity index (χ3n) is 3.09. The third kappa shape index (κ3) is 3.80. The summed E-state index contributed by atoms with van der Waals surface area (Å²) >= 11 is 0. The molecule has 0 bridgehead atoms. The normalized spacial score (nSPS) is 18.9. The molecule has 1 unspecified atom stereocenters. The number of nitrogens with zero attached hydrogens (tertiary/aromatic N) is 1. The average Bonchev–Trinajstić information content (AvgIpc) is 2.08. The van der Waals surface area contributed by atoms with Crippen LogP contribution in [0.3, 0.4) is 0 Å². The van der Waals surface area contributed by atoms with Gasteiger partial charge in [-0.25, -0.2) is 4.79 Å². The lowest BCUT2D eigenvalue weighted by molar-refractivity contribution is -0.150. The Bertz CT molecular complexity index is 204. The number of aliphatic carboxylic acids is 1. The lowest BCUT2D eigenvalue weighted by Crippen LogP contribution is -2.39. The van der Waals surface area contributed by atoms with Crippen LogP contribution >= 0.6 is 0 Å². The predicted molar refractivity (Wildman–Crippen MR) is 57.9 cm³/mol. The number of ether oxygens (including phenoxy) is 1. The number of carbonyl (C=O) groups is 1. The summed E-state index contributed by atoms with van der Waals surface area (Å²) in [6, 6.07) is 0.668. The van der Waals surface area contributed by atoms with Crippen molar-refractivity contribution in [3.8, 4) is 0 Å². The van der Waals surface area contributed by atoms with Crippen molar-refractivity contribution in [2.45, 2.75) is 44.8 Å². The largest absolute Gasteiger partial charge is 0.479 e. The first kappa shape index (κ1) is 12.5. The second kappa shape index (κ2) is 6.08. The van der Waals surface area contributed by atoms with Crippen LogP contribution in [0.4, 0.5) is 0 Å². The fourth-order valence-electron chi connectivity index (χ4n) is 1.81. The molecule has 1 fully saturated rings. The van der Waals surface area contributed by atoms with Crippen molar-refractivity contribution in [1.82, 2.24) is 4.90 Å². The van der Waals surface area contributed by atoms with Crippen molar-refractivity contribution in [3.05, 3.63) is 0 Å². The smallest absolute Gasteiger partial charge is 0.332 e. The monoisotopic (exact) mass is 215 g/mol. The Morgan fingerprint density at radius 2 is 2.27 bits per heavy atom. The molecular formula is C11H21NO3. The van der Waals surface area contributed by atoms with Gasteiger partial charge in [0.25, 0.3) is 0 Å². The quantitative estimate of drug-likeness (QED) is 0.696. The van der Waals surface area contributed by atoms with Gasteiger partial charge in [0.05, 0.1) is 0 Å². The molecule has 0 aromatic rings. The third-order valence-corrected chi connectivity index (χ3v) is 3.09. The van der Waals surface area contributed by atoms with E-state index in [0.717, 1.165) is 6.54 Å². The van der Waals surface area contributed by atoms with E-state index in [2.05, 4.69) is 11.9 Å². The van der Waals surface area contributed by atoms with E-state index < -0.39 is 12.1 Å². The summed E-state index contributed by atoms with van der Waals surface area (Å²) < 4.78 is 5.16. The fraction of sp³-hybridized carbons (Fsp3) is 0.909. The van der Waals surface area contributed by atoms with Gasteiger partial charge in [0.15, 0.2) is 6.10 Å². The van der Waals surface area contributed by atoms with Crippen LogP contribution in [0.15, 0.2) is 0 Å². The molecule has 1 aliphatic rings. The lowest BCUT2D eigenvalue weighted by Gasteiger charge is -2.35. The zero-order chi connectivity index (χ0) is 11.3. The maximum Gasteiger partial charge on any atom is 0.332 e. The van der Waals surface area contributed by atoms with E-state index in [9.17, 15) is 4.79 Å². The van der Waals surface area contributed by atoms with Crippen LogP contribution in [0.2, 0.25) is 0 Å². The van der Waals surface area contributed by atoms with Crippen LogP contribution in [0.25, 0.3) is 0 Å². The Balaban J connectivity index is 2.22. The molecule has 1 rings (SSSR count). The summed E-state index contributed by atoms with van der Waals surface area (Å²) in [6.07, 6.45) is 3.75. The highest BCUT2D eigenvalue weighted by Gasteiger charge is 2.24. The van der Waals surface area contributed by atoms with Gasteiger partial charge >= 0.3 is 5.97 Å². The van der Waals surface area contributed by atoms with Crippen LogP contribution in [-0.4, -0.2) is 48.3 Å². The highest BCUT2D eigenvalue weighted by atomic mass is 16.5. The number of carboxylic acid groups (broad SMARTS) is 1. The van der Waals surface area contributed by atoms with Gasteiger partial charge in [-0.05, 0) is 33.2 Å².